The SMILES string of the molecule is CC(=O)Cc1cc(-c2ccc3c(c2)OCO3)c(Cl)c(S(N)(=O)=O)c1. The number of hydrogen-bond donors (Lipinski definition) is 1. The first-order valence-electron chi connectivity index (χ1n) is 7.00. The Bertz CT molecular complexity index is 940. The summed E-state index contributed by atoms with van der Waals surface area (Å²) >= 11 is 6.27. The molecule has 1 heterocycles. The van der Waals surface area contributed by atoms with Crippen LogP contribution in [0.25, 0.3) is 11.1 Å². The molecule has 0 aliphatic carbocycles. The summed E-state index contributed by atoms with van der Waals surface area (Å²) in [6, 6.07) is 8.15. The molecule has 8 heteroatoms. The van der Waals surface area contributed by atoms with Crippen LogP contribution in [0.1, 0.15) is 12.5 Å². The van der Waals surface area contributed by atoms with Gasteiger partial charge in [0, 0.05) is 12.0 Å². The molecule has 126 valence electrons. The summed E-state index contributed by atoms with van der Waals surface area (Å²) < 4.78 is 34.2. The van der Waals surface area contributed by atoms with Crippen LogP contribution in [-0.4, -0.2) is 21.0 Å². The largest absolute Gasteiger partial charge is 0.454 e. The summed E-state index contributed by atoms with van der Waals surface area (Å²) in [5, 5.41) is 5.26. The van der Waals surface area contributed by atoms with E-state index in [0.717, 1.165) is 0 Å². The number of carbonyl (C=O) groups excluding carboxylic acids is 1. The van der Waals surface area contributed by atoms with Gasteiger partial charge in [-0.1, -0.05) is 17.7 Å². The molecule has 0 unspecified atom stereocenters. The van der Waals surface area contributed by atoms with E-state index in [1.807, 2.05) is 0 Å². The molecule has 0 atom stereocenters. The van der Waals surface area contributed by atoms with Gasteiger partial charge in [0.1, 0.15) is 10.7 Å². The fourth-order valence-electron chi connectivity index (χ4n) is 2.53. The maximum atomic E-state index is 11.8. The van der Waals surface area contributed by atoms with E-state index in [4.69, 9.17) is 26.2 Å². The van der Waals surface area contributed by atoms with Crippen molar-refractivity contribution in [2.24, 2.45) is 5.14 Å². The van der Waals surface area contributed by atoms with Crippen LogP contribution in [0.3, 0.4) is 0 Å². The highest BCUT2D eigenvalue weighted by molar-refractivity contribution is 7.89. The minimum absolute atomic E-state index is 0.00340. The molecule has 3 rings (SSSR count). The third-order valence-corrected chi connectivity index (χ3v) is 5.00. The lowest BCUT2D eigenvalue weighted by atomic mass is 10.00. The van der Waals surface area contributed by atoms with Gasteiger partial charge in [0.2, 0.25) is 16.8 Å². The highest BCUT2D eigenvalue weighted by Crippen LogP contribution is 2.40. The summed E-state index contributed by atoms with van der Waals surface area (Å²) in [4.78, 5) is 11.2. The van der Waals surface area contributed by atoms with Crippen molar-refractivity contribution in [3.63, 3.8) is 0 Å². The average Bonchev–Trinajstić information content (AvgIpc) is 2.94. The fourth-order valence-corrected chi connectivity index (χ4v) is 3.74. The smallest absolute Gasteiger partial charge is 0.239 e. The van der Waals surface area contributed by atoms with Crippen LogP contribution < -0.4 is 14.6 Å². The Labute approximate surface area is 144 Å². The zero-order chi connectivity index (χ0) is 17.5. The first-order valence-corrected chi connectivity index (χ1v) is 8.93. The highest BCUT2D eigenvalue weighted by atomic mass is 35.5. The molecule has 1 aliphatic heterocycles. The Morgan fingerprint density at radius 3 is 2.58 bits per heavy atom. The van der Waals surface area contributed by atoms with Gasteiger partial charge in [-0.2, -0.15) is 0 Å². The number of ketones is 1. The molecule has 2 aromatic carbocycles. The summed E-state index contributed by atoms with van der Waals surface area (Å²) in [6.07, 6.45) is 0.0806. The molecule has 0 spiro atoms. The van der Waals surface area contributed by atoms with Crippen LogP contribution in [0.15, 0.2) is 35.2 Å². The van der Waals surface area contributed by atoms with E-state index >= 15 is 0 Å². The molecule has 24 heavy (non-hydrogen) atoms. The summed E-state index contributed by atoms with van der Waals surface area (Å²) in [5.74, 6) is 1.04. The molecule has 0 saturated heterocycles. The van der Waals surface area contributed by atoms with Crippen molar-refractivity contribution in [1.82, 2.24) is 0 Å². The number of halogens is 1. The van der Waals surface area contributed by atoms with Crippen LogP contribution in [-0.2, 0) is 21.2 Å². The molecule has 1 aliphatic rings. The molecule has 0 aromatic heterocycles. The van der Waals surface area contributed by atoms with Gasteiger partial charge in [-0.15, -0.1) is 0 Å². The number of rotatable bonds is 4. The molecular weight excluding hydrogens is 354 g/mol. The second kappa shape index (κ2) is 6.08. The van der Waals surface area contributed by atoms with Crippen molar-refractivity contribution < 1.29 is 22.7 Å². The Morgan fingerprint density at radius 2 is 1.92 bits per heavy atom. The minimum Gasteiger partial charge on any atom is -0.454 e. The minimum atomic E-state index is -4.03. The Hall–Kier alpha value is -2.09. The lowest BCUT2D eigenvalue weighted by Crippen LogP contribution is -2.14. The van der Waals surface area contributed by atoms with Crippen molar-refractivity contribution >= 4 is 27.4 Å². The van der Waals surface area contributed by atoms with E-state index in [9.17, 15) is 13.2 Å². The van der Waals surface area contributed by atoms with Crippen molar-refractivity contribution in [2.75, 3.05) is 6.79 Å². The van der Waals surface area contributed by atoms with E-state index in [-0.39, 0.29) is 28.9 Å². The van der Waals surface area contributed by atoms with Crippen LogP contribution in [0, 0.1) is 0 Å². The average molecular weight is 368 g/mol. The zero-order valence-electron chi connectivity index (χ0n) is 12.7. The molecule has 0 fully saturated rings. The highest BCUT2D eigenvalue weighted by Gasteiger charge is 2.21. The van der Waals surface area contributed by atoms with Crippen molar-refractivity contribution in [2.45, 2.75) is 18.2 Å². The lowest BCUT2D eigenvalue weighted by molar-refractivity contribution is -0.116. The molecule has 0 radical (unpaired) electrons. The van der Waals surface area contributed by atoms with E-state index in [0.29, 0.717) is 28.2 Å². The number of nitrogens with two attached hydrogens (primary N) is 1. The van der Waals surface area contributed by atoms with Crippen molar-refractivity contribution in [1.29, 1.82) is 0 Å². The van der Waals surface area contributed by atoms with Crippen LogP contribution in [0.4, 0.5) is 0 Å². The molecule has 2 aromatic rings. The fraction of sp³-hybridized carbons (Fsp3) is 0.188. The maximum absolute atomic E-state index is 11.8. The topological polar surface area (TPSA) is 95.7 Å². The van der Waals surface area contributed by atoms with E-state index in [2.05, 4.69) is 0 Å². The molecule has 0 saturated carbocycles. The van der Waals surface area contributed by atoms with E-state index in [1.54, 1.807) is 24.3 Å². The van der Waals surface area contributed by atoms with Gasteiger partial charge in [0.15, 0.2) is 11.5 Å². The predicted octanol–water partition coefficient (Wildman–Crippen LogP) is 2.51. The molecule has 0 amide bonds. The number of ether oxygens (including phenoxy) is 2. The van der Waals surface area contributed by atoms with Crippen LogP contribution >= 0.6 is 11.6 Å². The standard InChI is InChI=1S/C16H14ClNO5S/c1-9(19)4-10-5-12(16(17)15(6-10)24(18,20)21)11-2-3-13-14(7-11)23-8-22-13/h2-3,5-7H,4,8H2,1H3,(H2,18,20,21). The van der Waals surface area contributed by atoms with Gasteiger partial charge in [-0.3, -0.25) is 4.79 Å². The quantitative estimate of drug-likeness (QED) is 0.895. The number of fused-ring (bicyclic) bond motifs is 1. The van der Waals surface area contributed by atoms with Gasteiger partial charge in [0.25, 0.3) is 0 Å². The number of Topliss-reactive ketones (excluding diaryl/α,β-unsaturated/α-hetero) is 1. The third-order valence-electron chi connectivity index (χ3n) is 3.54. The first-order chi connectivity index (χ1) is 11.3. The summed E-state index contributed by atoms with van der Waals surface area (Å²) in [5.41, 5.74) is 1.61. The van der Waals surface area contributed by atoms with Gasteiger partial charge in [0.05, 0.1) is 5.02 Å². The number of benzene rings is 2. The number of carbonyl (C=O) groups is 1. The Kier molecular flexibility index (Phi) is 4.25. The monoisotopic (exact) mass is 367 g/mol. The first kappa shape index (κ1) is 16.8. The second-order valence-corrected chi connectivity index (χ2v) is 7.36. The number of hydrogen-bond acceptors (Lipinski definition) is 5. The zero-order valence-corrected chi connectivity index (χ0v) is 14.3. The third kappa shape index (κ3) is 3.24. The number of sulfonamides is 1. The molecule has 0 bridgehead atoms. The Morgan fingerprint density at radius 1 is 1.21 bits per heavy atom. The molecule has 6 nitrogen and oxygen atoms in total. The normalized spacial score (nSPS) is 13.1. The summed E-state index contributed by atoms with van der Waals surface area (Å²) in [6.45, 7) is 1.55. The van der Waals surface area contributed by atoms with E-state index < -0.39 is 10.0 Å². The van der Waals surface area contributed by atoms with Crippen molar-refractivity contribution in [3.8, 4) is 22.6 Å². The number of primary sulfonamides is 1. The van der Waals surface area contributed by atoms with Gasteiger partial charge < -0.3 is 9.47 Å². The van der Waals surface area contributed by atoms with Gasteiger partial charge in [-0.05, 0) is 42.3 Å². The molecular formula is C16H14ClNO5S. The van der Waals surface area contributed by atoms with Crippen molar-refractivity contribution in [3.05, 3.63) is 40.9 Å². The molecule has 2 N–H and O–H groups in total. The predicted molar refractivity (Wildman–Crippen MR) is 88.8 cm³/mol. The lowest BCUT2D eigenvalue weighted by Gasteiger charge is -2.12. The van der Waals surface area contributed by atoms with Crippen LogP contribution in [0.5, 0.6) is 11.5 Å². The van der Waals surface area contributed by atoms with E-state index in [1.165, 1.54) is 13.0 Å². The van der Waals surface area contributed by atoms with Gasteiger partial charge in [-0.25, -0.2) is 13.6 Å². The van der Waals surface area contributed by atoms with Crippen LogP contribution in [0.2, 0.25) is 5.02 Å². The second-order valence-electron chi connectivity index (χ2n) is 5.45. The Balaban J connectivity index is 2.20. The summed E-state index contributed by atoms with van der Waals surface area (Å²) in [7, 11) is -4.03. The maximum Gasteiger partial charge on any atom is 0.239 e. The van der Waals surface area contributed by atoms with Gasteiger partial charge >= 0.3 is 0 Å².